The number of carbonyl (C=O) groups is 2. The summed E-state index contributed by atoms with van der Waals surface area (Å²) in [6, 6.07) is 0. The highest BCUT2D eigenvalue weighted by atomic mass is 16.5. The molecule has 0 unspecified atom stereocenters. The molecule has 7 heteroatoms. The van der Waals surface area contributed by atoms with Crippen LogP contribution in [0.4, 0.5) is 0 Å². The topological polar surface area (TPSA) is 87.9 Å². The number of methoxy groups -OCH3 is 1. The van der Waals surface area contributed by atoms with Gasteiger partial charge in [-0.25, -0.2) is 0 Å². The van der Waals surface area contributed by atoms with Crippen molar-refractivity contribution in [3.8, 4) is 0 Å². The van der Waals surface area contributed by atoms with E-state index in [9.17, 15) is 9.59 Å². The average Bonchev–Trinajstić information content (AvgIpc) is 2.44. The summed E-state index contributed by atoms with van der Waals surface area (Å²) in [7, 11) is 1.40. The summed E-state index contributed by atoms with van der Waals surface area (Å²) in [5, 5.41) is 2.76. The Morgan fingerprint density at radius 1 is 1.21 bits per heavy atom. The van der Waals surface area contributed by atoms with Crippen LogP contribution in [0.5, 0.6) is 0 Å². The molecule has 0 spiro atoms. The summed E-state index contributed by atoms with van der Waals surface area (Å²) >= 11 is 0. The zero-order valence-corrected chi connectivity index (χ0v) is 11.6. The normalized spacial score (nSPS) is 17.2. The summed E-state index contributed by atoms with van der Waals surface area (Å²) in [6.07, 6.45) is 0.424. The Labute approximate surface area is 114 Å². The number of nitrogens with zero attached hydrogens (tertiary/aromatic N) is 2. The van der Waals surface area contributed by atoms with Gasteiger partial charge in [-0.2, -0.15) is 0 Å². The summed E-state index contributed by atoms with van der Waals surface area (Å²) < 4.78 is 4.61. The summed E-state index contributed by atoms with van der Waals surface area (Å²) in [5.41, 5.74) is 5.32. The molecule has 0 radical (unpaired) electrons. The van der Waals surface area contributed by atoms with Crippen LogP contribution < -0.4 is 11.1 Å². The van der Waals surface area contributed by atoms with E-state index in [0.717, 1.165) is 32.7 Å². The van der Waals surface area contributed by atoms with E-state index in [1.54, 1.807) is 0 Å². The minimum atomic E-state index is -0.177. The fraction of sp³-hybridized carbons (Fsp3) is 0.833. The van der Waals surface area contributed by atoms with E-state index < -0.39 is 0 Å². The number of esters is 1. The number of hydrogen-bond acceptors (Lipinski definition) is 6. The second-order valence-electron chi connectivity index (χ2n) is 4.58. The first-order valence-corrected chi connectivity index (χ1v) is 6.64. The molecule has 0 aromatic carbocycles. The van der Waals surface area contributed by atoms with E-state index in [1.807, 2.05) is 0 Å². The Hall–Kier alpha value is -1.18. The molecule has 0 bridgehead atoms. The number of amides is 1. The number of piperazine rings is 1. The molecule has 1 fully saturated rings. The second-order valence-corrected chi connectivity index (χ2v) is 4.58. The molecule has 1 rings (SSSR count). The van der Waals surface area contributed by atoms with Crippen LogP contribution in [-0.4, -0.2) is 81.1 Å². The maximum absolute atomic E-state index is 11.5. The van der Waals surface area contributed by atoms with Crippen LogP contribution in [0.2, 0.25) is 0 Å². The molecule has 0 aromatic rings. The maximum atomic E-state index is 11.5. The smallest absolute Gasteiger partial charge is 0.306 e. The van der Waals surface area contributed by atoms with Crippen LogP contribution in [0.1, 0.15) is 6.42 Å². The van der Waals surface area contributed by atoms with E-state index in [4.69, 9.17) is 5.73 Å². The van der Waals surface area contributed by atoms with Crippen LogP contribution in [0, 0.1) is 0 Å². The van der Waals surface area contributed by atoms with Gasteiger partial charge in [0, 0.05) is 45.8 Å². The lowest BCUT2D eigenvalue weighted by Gasteiger charge is -2.34. The fourth-order valence-electron chi connectivity index (χ4n) is 1.99. The first-order valence-electron chi connectivity index (χ1n) is 6.64. The van der Waals surface area contributed by atoms with Gasteiger partial charge in [0.05, 0.1) is 20.1 Å². The van der Waals surface area contributed by atoms with Crippen molar-refractivity contribution in [3.63, 3.8) is 0 Å². The highest BCUT2D eigenvalue weighted by Gasteiger charge is 2.19. The molecule has 1 saturated heterocycles. The number of rotatable bonds is 7. The van der Waals surface area contributed by atoms with Gasteiger partial charge in [-0.15, -0.1) is 0 Å². The van der Waals surface area contributed by atoms with Crippen LogP contribution in [0.25, 0.3) is 0 Å². The standard InChI is InChI=1S/C12H24N4O3/c1-19-12(18)2-5-15-6-8-16(9-7-15)10-11(17)14-4-3-13/h2-10,13H2,1H3,(H,14,17). The highest BCUT2D eigenvalue weighted by molar-refractivity contribution is 5.78. The van der Waals surface area contributed by atoms with Gasteiger partial charge in [0.15, 0.2) is 0 Å². The van der Waals surface area contributed by atoms with Gasteiger partial charge in [0.1, 0.15) is 0 Å². The third-order valence-corrected chi connectivity index (χ3v) is 3.16. The van der Waals surface area contributed by atoms with E-state index in [-0.39, 0.29) is 11.9 Å². The molecule has 0 atom stereocenters. The van der Waals surface area contributed by atoms with E-state index >= 15 is 0 Å². The molecule has 1 heterocycles. The Kier molecular flexibility index (Phi) is 7.39. The number of nitrogens with two attached hydrogens (primary N) is 1. The second kappa shape index (κ2) is 8.84. The van der Waals surface area contributed by atoms with E-state index in [2.05, 4.69) is 19.9 Å². The molecule has 1 aliphatic heterocycles. The van der Waals surface area contributed by atoms with Crippen LogP contribution in [0.15, 0.2) is 0 Å². The lowest BCUT2D eigenvalue weighted by molar-refractivity contribution is -0.141. The molecule has 0 saturated carbocycles. The lowest BCUT2D eigenvalue weighted by Crippen LogP contribution is -2.50. The Morgan fingerprint density at radius 3 is 2.42 bits per heavy atom. The predicted octanol–water partition coefficient (Wildman–Crippen LogP) is -1.76. The van der Waals surface area contributed by atoms with E-state index in [1.165, 1.54) is 7.11 Å². The minimum absolute atomic E-state index is 0.0217. The number of hydrogen-bond donors (Lipinski definition) is 2. The third kappa shape index (κ3) is 6.51. The quantitative estimate of drug-likeness (QED) is 0.534. The minimum Gasteiger partial charge on any atom is -0.469 e. The molecule has 7 nitrogen and oxygen atoms in total. The monoisotopic (exact) mass is 272 g/mol. The van der Waals surface area contributed by atoms with Crippen molar-refractivity contribution in [2.75, 3.05) is 59.5 Å². The lowest BCUT2D eigenvalue weighted by atomic mass is 10.3. The number of carbonyl (C=O) groups excluding carboxylic acids is 2. The Morgan fingerprint density at radius 2 is 1.84 bits per heavy atom. The third-order valence-electron chi connectivity index (χ3n) is 3.16. The summed E-state index contributed by atoms with van der Waals surface area (Å²) in [4.78, 5) is 26.9. The molecule has 0 aliphatic carbocycles. The van der Waals surface area contributed by atoms with Crippen LogP contribution in [0.3, 0.4) is 0 Å². The molecule has 3 N–H and O–H groups in total. The van der Waals surface area contributed by atoms with Gasteiger partial charge in [-0.3, -0.25) is 14.5 Å². The molecular weight excluding hydrogens is 248 g/mol. The Balaban J connectivity index is 2.14. The SMILES string of the molecule is COC(=O)CCN1CCN(CC(=O)NCCN)CC1. The first-order chi connectivity index (χ1) is 9.15. The van der Waals surface area contributed by atoms with Gasteiger partial charge in [-0.05, 0) is 0 Å². The molecule has 110 valence electrons. The van der Waals surface area contributed by atoms with Crippen molar-refractivity contribution < 1.29 is 14.3 Å². The van der Waals surface area contributed by atoms with Crippen molar-refractivity contribution in [1.82, 2.24) is 15.1 Å². The average molecular weight is 272 g/mol. The van der Waals surface area contributed by atoms with Crippen molar-refractivity contribution in [1.29, 1.82) is 0 Å². The molecule has 1 aliphatic rings. The van der Waals surface area contributed by atoms with Gasteiger partial charge in [-0.1, -0.05) is 0 Å². The molecule has 1 amide bonds. The number of ether oxygens (including phenoxy) is 1. The van der Waals surface area contributed by atoms with Crippen molar-refractivity contribution in [3.05, 3.63) is 0 Å². The molecular formula is C12H24N4O3. The molecule has 0 aromatic heterocycles. The summed E-state index contributed by atoms with van der Waals surface area (Å²) in [6.45, 7) is 5.58. The fourth-order valence-corrected chi connectivity index (χ4v) is 1.99. The van der Waals surface area contributed by atoms with E-state index in [0.29, 0.717) is 26.1 Å². The predicted molar refractivity (Wildman–Crippen MR) is 71.6 cm³/mol. The first kappa shape index (κ1) is 15.9. The maximum Gasteiger partial charge on any atom is 0.306 e. The van der Waals surface area contributed by atoms with Crippen molar-refractivity contribution in [2.45, 2.75) is 6.42 Å². The molecule has 19 heavy (non-hydrogen) atoms. The van der Waals surface area contributed by atoms with Crippen molar-refractivity contribution >= 4 is 11.9 Å². The zero-order chi connectivity index (χ0) is 14.1. The van der Waals surface area contributed by atoms with Gasteiger partial charge in [0.2, 0.25) is 5.91 Å². The number of nitrogens with one attached hydrogen (secondary N) is 1. The zero-order valence-electron chi connectivity index (χ0n) is 11.6. The van der Waals surface area contributed by atoms with Gasteiger partial charge in [0.25, 0.3) is 0 Å². The van der Waals surface area contributed by atoms with Crippen molar-refractivity contribution in [2.24, 2.45) is 5.73 Å². The summed E-state index contributed by atoms with van der Waals surface area (Å²) in [5.74, 6) is -0.156. The van der Waals surface area contributed by atoms with Crippen LogP contribution in [-0.2, 0) is 14.3 Å². The van der Waals surface area contributed by atoms with Gasteiger partial charge >= 0.3 is 5.97 Å². The van der Waals surface area contributed by atoms with Gasteiger partial charge < -0.3 is 20.7 Å². The Bertz CT molecular complexity index is 291. The highest BCUT2D eigenvalue weighted by Crippen LogP contribution is 2.02. The largest absolute Gasteiger partial charge is 0.469 e. The van der Waals surface area contributed by atoms with Crippen LogP contribution >= 0.6 is 0 Å².